The Morgan fingerprint density at radius 2 is 2.06 bits per heavy atom. The molecular weight excluding hydrogens is 515 g/mol. The second-order valence-electron chi connectivity index (χ2n) is 7.94. The number of H-pyrrole nitrogens is 2. The summed E-state index contributed by atoms with van der Waals surface area (Å²) in [5.41, 5.74) is 9.52. The predicted molar refractivity (Wildman–Crippen MR) is 134 cm³/mol. The van der Waals surface area contributed by atoms with Crippen molar-refractivity contribution in [3.63, 3.8) is 0 Å². The Bertz CT molecular complexity index is 1450. The number of halogens is 1. The van der Waals surface area contributed by atoms with Gasteiger partial charge in [0.1, 0.15) is 11.2 Å². The van der Waals surface area contributed by atoms with Crippen LogP contribution in [0.3, 0.4) is 0 Å². The molecule has 0 amide bonds. The van der Waals surface area contributed by atoms with Gasteiger partial charge in [-0.25, -0.2) is 9.97 Å². The van der Waals surface area contributed by atoms with Crippen LogP contribution in [0.4, 0.5) is 0 Å². The van der Waals surface area contributed by atoms with Crippen molar-refractivity contribution < 1.29 is 0 Å². The minimum atomic E-state index is 0.359. The molecule has 0 aliphatic carbocycles. The lowest BCUT2D eigenvalue weighted by Crippen LogP contribution is -1.99. The van der Waals surface area contributed by atoms with E-state index in [1.165, 1.54) is 0 Å². The molecule has 1 unspecified atom stereocenters. The van der Waals surface area contributed by atoms with E-state index in [-0.39, 0.29) is 0 Å². The summed E-state index contributed by atoms with van der Waals surface area (Å²) >= 11 is 2.41. The largest absolute Gasteiger partial charge is 0.357 e. The molecular formula is C23H23IN8. The van der Waals surface area contributed by atoms with Gasteiger partial charge in [-0.3, -0.25) is 9.78 Å². The van der Waals surface area contributed by atoms with Gasteiger partial charge in [-0.2, -0.15) is 10.2 Å². The molecule has 0 aromatic carbocycles. The SMILES string of the molecule is Cc1cn(/C(=C/C(C)I)c2cc(-c3n[nH]c4ccc(-c5cnn(C)c5)nc34)[nH]c2C)cn1. The van der Waals surface area contributed by atoms with Crippen molar-refractivity contribution in [1.29, 1.82) is 0 Å². The monoisotopic (exact) mass is 538 g/mol. The molecule has 0 aliphatic rings. The zero-order chi connectivity index (χ0) is 22.4. The van der Waals surface area contributed by atoms with Gasteiger partial charge in [-0.1, -0.05) is 22.6 Å². The molecule has 0 bridgehead atoms. The molecule has 0 saturated carbocycles. The van der Waals surface area contributed by atoms with Crippen LogP contribution in [0.1, 0.15) is 23.9 Å². The summed E-state index contributed by atoms with van der Waals surface area (Å²) in [6.07, 6.45) is 9.92. The Kier molecular flexibility index (Phi) is 5.20. The highest BCUT2D eigenvalue weighted by molar-refractivity contribution is 14.1. The first-order valence-corrected chi connectivity index (χ1v) is 11.5. The van der Waals surface area contributed by atoms with E-state index in [4.69, 9.17) is 4.98 Å². The van der Waals surface area contributed by atoms with Gasteiger partial charge in [0.25, 0.3) is 0 Å². The summed E-state index contributed by atoms with van der Waals surface area (Å²) in [7, 11) is 1.90. The van der Waals surface area contributed by atoms with Gasteiger partial charge in [0.05, 0.1) is 40.8 Å². The van der Waals surface area contributed by atoms with Gasteiger partial charge >= 0.3 is 0 Å². The Morgan fingerprint density at radius 1 is 1.22 bits per heavy atom. The number of alkyl halides is 1. The zero-order valence-electron chi connectivity index (χ0n) is 18.3. The molecule has 32 heavy (non-hydrogen) atoms. The molecule has 8 nitrogen and oxygen atoms in total. The van der Waals surface area contributed by atoms with Crippen molar-refractivity contribution in [1.82, 2.24) is 39.5 Å². The van der Waals surface area contributed by atoms with Crippen molar-refractivity contribution in [3.8, 4) is 22.6 Å². The van der Waals surface area contributed by atoms with Crippen LogP contribution < -0.4 is 0 Å². The van der Waals surface area contributed by atoms with E-state index in [1.807, 2.05) is 51.0 Å². The number of imidazole rings is 1. The van der Waals surface area contributed by atoms with Crippen LogP contribution in [0, 0.1) is 13.8 Å². The normalized spacial score (nSPS) is 13.2. The lowest BCUT2D eigenvalue weighted by atomic mass is 10.1. The third kappa shape index (κ3) is 3.77. The van der Waals surface area contributed by atoms with E-state index in [0.29, 0.717) is 3.92 Å². The van der Waals surface area contributed by atoms with Crippen LogP contribution in [-0.2, 0) is 7.05 Å². The molecule has 1 atom stereocenters. The van der Waals surface area contributed by atoms with Gasteiger partial charge in [0.2, 0.25) is 0 Å². The van der Waals surface area contributed by atoms with Crippen LogP contribution in [0.15, 0.2) is 49.2 Å². The highest BCUT2D eigenvalue weighted by Crippen LogP contribution is 2.31. The minimum absolute atomic E-state index is 0.359. The fourth-order valence-electron chi connectivity index (χ4n) is 3.84. The number of aryl methyl sites for hydroxylation is 3. The molecule has 0 aliphatic heterocycles. The molecule has 5 rings (SSSR count). The van der Waals surface area contributed by atoms with Crippen molar-refractivity contribution in [2.45, 2.75) is 24.7 Å². The second kappa shape index (κ2) is 8.05. The molecule has 0 spiro atoms. The van der Waals surface area contributed by atoms with Crippen LogP contribution >= 0.6 is 22.6 Å². The number of nitrogens with one attached hydrogen (secondary N) is 2. The van der Waals surface area contributed by atoms with E-state index in [1.54, 1.807) is 4.68 Å². The smallest absolute Gasteiger partial charge is 0.135 e. The number of hydrogen-bond acceptors (Lipinski definition) is 4. The number of fused-ring (bicyclic) bond motifs is 1. The van der Waals surface area contributed by atoms with Crippen LogP contribution in [0.5, 0.6) is 0 Å². The molecule has 5 aromatic heterocycles. The average molecular weight is 538 g/mol. The first-order valence-electron chi connectivity index (χ1n) is 10.3. The number of pyridine rings is 1. The molecule has 0 saturated heterocycles. The maximum absolute atomic E-state index is 4.89. The second-order valence-corrected chi connectivity index (χ2v) is 9.91. The maximum Gasteiger partial charge on any atom is 0.135 e. The van der Waals surface area contributed by atoms with Gasteiger partial charge < -0.3 is 9.55 Å². The summed E-state index contributed by atoms with van der Waals surface area (Å²) in [5, 5.41) is 12.0. The van der Waals surface area contributed by atoms with E-state index < -0.39 is 0 Å². The summed E-state index contributed by atoms with van der Waals surface area (Å²) in [6.45, 7) is 6.24. The summed E-state index contributed by atoms with van der Waals surface area (Å²) in [6, 6.07) is 6.13. The Morgan fingerprint density at radius 3 is 2.75 bits per heavy atom. The first kappa shape index (κ1) is 20.7. The quantitative estimate of drug-likeness (QED) is 0.247. The van der Waals surface area contributed by atoms with Crippen LogP contribution in [0.2, 0.25) is 0 Å². The maximum atomic E-state index is 4.89. The molecule has 5 aromatic rings. The molecule has 2 N–H and O–H groups in total. The zero-order valence-corrected chi connectivity index (χ0v) is 20.4. The molecule has 0 radical (unpaired) electrons. The topological polar surface area (TPSA) is 93.0 Å². The lowest BCUT2D eigenvalue weighted by Gasteiger charge is -2.09. The standard InChI is InChI=1S/C23H23IN8/c1-13(24)7-21(32-10-14(2)25-12-32)17-8-20(27-15(17)3)23-22-19(29-30-23)6-5-18(28-22)16-9-26-31(4)11-16/h5-13,27H,1-4H3,(H,29,30)/b21-7+. The number of allylic oxidation sites excluding steroid dienone is 1. The van der Waals surface area contributed by atoms with Gasteiger partial charge in [-0.05, 0) is 45.0 Å². The Hall–Kier alpha value is -3.21. The van der Waals surface area contributed by atoms with Crippen LogP contribution in [-0.4, -0.2) is 43.4 Å². The molecule has 0 fully saturated rings. The van der Waals surface area contributed by atoms with Crippen molar-refractivity contribution in [2.75, 3.05) is 0 Å². The number of rotatable bonds is 5. The van der Waals surface area contributed by atoms with Crippen molar-refractivity contribution in [3.05, 3.63) is 66.1 Å². The molecule has 9 heteroatoms. The molecule has 162 valence electrons. The summed E-state index contributed by atoms with van der Waals surface area (Å²) < 4.78 is 4.21. The van der Waals surface area contributed by atoms with Crippen molar-refractivity contribution >= 4 is 39.3 Å². The predicted octanol–water partition coefficient (Wildman–Crippen LogP) is 4.88. The highest BCUT2D eigenvalue weighted by Gasteiger charge is 2.18. The van der Waals surface area contributed by atoms with E-state index >= 15 is 0 Å². The fraction of sp³-hybridized carbons (Fsp3) is 0.217. The lowest BCUT2D eigenvalue weighted by molar-refractivity contribution is 0.768. The summed E-state index contributed by atoms with van der Waals surface area (Å²) in [5.74, 6) is 0. The van der Waals surface area contributed by atoms with E-state index in [0.717, 1.165) is 56.3 Å². The van der Waals surface area contributed by atoms with Crippen LogP contribution in [0.25, 0.3) is 39.4 Å². The number of aromatic amines is 2. The first-order chi connectivity index (χ1) is 15.4. The summed E-state index contributed by atoms with van der Waals surface area (Å²) in [4.78, 5) is 12.8. The average Bonchev–Trinajstić information content (AvgIpc) is 3.52. The number of hydrogen-bond donors (Lipinski definition) is 2. The minimum Gasteiger partial charge on any atom is -0.357 e. The van der Waals surface area contributed by atoms with Gasteiger partial charge in [-0.15, -0.1) is 0 Å². The third-order valence-corrected chi connectivity index (χ3v) is 5.69. The van der Waals surface area contributed by atoms with E-state index in [2.05, 4.69) is 78.4 Å². The number of aromatic nitrogens is 8. The van der Waals surface area contributed by atoms with Gasteiger partial charge in [0.15, 0.2) is 0 Å². The third-order valence-electron chi connectivity index (χ3n) is 5.33. The van der Waals surface area contributed by atoms with Crippen molar-refractivity contribution in [2.24, 2.45) is 7.05 Å². The van der Waals surface area contributed by atoms with E-state index in [9.17, 15) is 0 Å². The highest BCUT2D eigenvalue weighted by atomic mass is 127. The Balaban J connectivity index is 1.61. The number of nitrogens with zero attached hydrogens (tertiary/aromatic N) is 6. The van der Waals surface area contributed by atoms with Gasteiger partial charge in [0, 0.05) is 40.2 Å². The fourth-order valence-corrected chi connectivity index (χ4v) is 4.18. The Labute approximate surface area is 198 Å². The molecule has 5 heterocycles.